The van der Waals surface area contributed by atoms with Gasteiger partial charge in [-0.1, -0.05) is 26.0 Å². The SMILES string of the molecule is C[C@@H]1CN(CC(=O)N2CC(C)(C)c3c2cc(Cc2ccc(F)cc2)c2nn(Cc4cncnc4)c(=O)n32)[C@@H](CN2CCOC[C@H]2C)CN1. The van der Waals surface area contributed by atoms with Crippen molar-refractivity contribution in [2.45, 2.75) is 64.2 Å². The first-order chi connectivity index (χ1) is 23.1. The van der Waals surface area contributed by atoms with E-state index in [9.17, 15) is 14.0 Å². The van der Waals surface area contributed by atoms with E-state index >= 15 is 0 Å². The molecule has 3 aromatic heterocycles. The number of hydrogen-bond acceptors (Lipinski definition) is 9. The van der Waals surface area contributed by atoms with Gasteiger partial charge in [-0.05, 0) is 37.6 Å². The highest BCUT2D eigenvalue weighted by molar-refractivity contribution is 5.98. The Bertz CT molecular complexity index is 1840. The van der Waals surface area contributed by atoms with Crippen LogP contribution in [0.2, 0.25) is 0 Å². The van der Waals surface area contributed by atoms with E-state index in [2.05, 4.69) is 52.8 Å². The molecule has 0 saturated carbocycles. The molecule has 254 valence electrons. The average Bonchev–Trinajstić information content (AvgIpc) is 3.53. The van der Waals surface area contributed by atoms with E-state index in [0.29, 0.717) is 24.7 Å². The third kappa shape index (κ3) is 6.39. The number of ether oxygens (including phenoxy) is 1. The maximum atomic E-state index is 14.4. The first-order valence-corrected chi connectivity index (χ1v) is 16.8. The Morgan fingerprint density at radius 1 is 1.10 bits per heavy atom. The Morgan fingerprint density at radius 2 is 1.88 bits per heavy atom. The number of hydrogen-bond donors (Lipinski definition) is 1. The zero-order valence-corrected chi connectivity index (χ0v) is 28.1. The molecule has 1 amide bonds. The number of carbonyl (C=O) groups is 1. The van der Waals surface area contributed by atoms with Crippen molar-refractivity contribution >= 4 is 17.2 Å². The van der Waals surface area contributed by atoms with Gasteiger partial charge >= 0.3 is 5.69 Å². The summed E-state index contributed by atoms with van der Waals surface area (Å²) in [5, 5.41) is 8.43. The Hall–Kier alpha value is -4.04. The molecule has 1 aromatic carbocycles. The minimum atomic E-state index is -0.523. The number of fused-ring (bicyclic) bond motifs is 3. The smallest absolute Gasteiger partial charge is 0.350 e. The summed E-state index contributed by atoms with van der Waals surface area (Å²) in [6, 6.07) is 9.13. The van der Waals surface area contributed by atoms with E-state index in [0.717, 1.165) is 67.5 Å². The van der Waals surface area contributed by atoms with Crippen molar-refractivity contribution in [3.05, 3.63) is 87.7 Å². The normalized spacial score (nSPS) is 23.1. The van der Waals surface area contributed by atoms with Crippen LogP contribution in [-0.2, 0) is 27.9 Å². The second-order valence-electron chi connectivity index (χ2n) is 14.2. The van der Waals surface area contributed by atoms with Crippen molar-refractivity contribution in [2.75, 3.05) is 57.4 Å². The maximum Gasteiger partial charge on any atom is 0.350 e. The van der Waals surface area contributed by atoms with E-state index in [1.54, 1.807) is 28.9 Å². The molecule has 3 aliphatic rings. The molecule has 0 aliphatic carbocycles. The molecule has 1 N–H and O–H groups in total. The lowest BCUT2D eigenvalue weighted by atomic mass is 9.90. The fourth-order valence-electron chi connectivity index (χ4n) is 7.47. The van der Waals surface area contributed by atoms with Gasteiger partial charge in [0, 0.05) is 86.2 Å². The summed E-state index contributed by atoms with van der Waals surface area (Å²) < 4.78 is 22.6. The van der Waals surface area contributed by atoms with Crippen molar-refractivity contribution < 1.29 is 13.9 Å². The number of pyridine rings is 1. The number of halogens is 1. The topological polar surface area (TPSA) is 113 Å². The first-order valence-electron chi connectivity index (χ1n) is 16.8. The monoisotopic (exact) mass is 657 g/mol. The molecule has 6 heterocycles. The van der Waals surface area contributed by atoms with Gasteiger partial charge in [-0.25, -0.2) is 28.2 Å². The second-order valence-corrected chi connectivity index (χ2v) is 14.2. The van der Waals surface area contributed by atoms with Crippen molar-refractivity contribution in [3.63, 3.8) is 0 Å². The highest BCUT2D eigenvalue weighted by Crippen LogP contribution is 2.42. The van der Waals surface area contributed by atoms with Crippen molar-refractivity contribution in [2.24, 2.45) is 0 Å². The summed E-state index contributed by atoms with van der Waals surface area (Å²) in [5.41, 5.74) is 3.62. The molecule has 7 rings (SSSR count). The number of piperazine rings is 1. The molecule has 12 nitrogen and oxygen atoms in total. The van der Waals surface area contributed by atoms with Crippen molar-refractivity contribution in [1.82, 2.24) is 39.3 Å². The van der Waals surface area contributed by atoms with Crippen LogP contribution in [0.15, 0.2) is 53.8 Å². The first kappa shape index (κ1) is 32.5. The lowest BCUT2D eigenvalue weighted by molar-refractivity contribution is -0.121. The van der Waals surface area contributed by atoms with Gasteiger partial charge in [-0.3, -0.25) is 14.6 Å². The molecule has 3 atom stereocenters. The highest BCUT2D eigenvalue weighted by atomic mass is 19.1. The van der Waals surface area contributed by atoms with Gasteiger partial charge in [0.25, 0.3) is 0 Å². The van der Waals surface area contributed by atoms with E-state index in [1.807, 2.05) is 11.0 Å². The van der Waals surface area contributed by atoms with Crippen LogP contribution in [-0.4, -0.2) is 110 Å². The van der Waals surface area contributed by atoms with Gasteiger partial charge in [0.05, 0.1) is 37.7 Å². The largest absolute Gasteiger partial charge is 0.379 e. The summed E-state index contributed by atoms with van der Waals surface area (Å²) in [4.78, 5) is 43.4. The zero-order valence-electron chi connectivity index (χ0n) is 28.1. The molecule has 4 aromatic rings. The number of carbonyl (C=O) groups excluding carboxylic acids is 1. The number of nitrogens with one attached hydrogen (secondary N) is 1. The van der Waals surface area contributed by atoms with E-state index in [-0.39, 0.29) is 42.6 Å². The van der Waals surface area contributed by atoms with Gasteiger partial charge in [0.1, 0.15) is 12.1 Å². The van der Waals surface area contributed by atoms with Crippen molar-refractivity contribution in [1.29, 1.82) is 0 Å². The lowest BCUT2D eigenvalue weighted by Crippen LogP contribution is -2.62. The number of aromatic nitrogens is 5. The van der Waals surface area contributed by atoms with Crippen LogP contribution in [0.4, 0.5) is 10.1 Å². The zero-order chi connectivity index (χ0) is 33.6. The standard InChI is InChI=1S/C35H44FN9O3/c1-23-16-42(29(15-39-23)18-41-9-10-48-20-24(41)2)19-31(46)43-21-35(3,4)32-30(43)12-27(11-25-5-7-28(36)8-6-25)33-40-44(34(47)45(32)33)17-26-13-37-22-38-14-26/h5-8,12-14,22-24,29,39H,9-11,15-21H2,1-4H3/t23-,24-,29-/m1/s1. The lowest BCUT2D eigenvalue weighted by Gasteiger charge is -2.43. The second kappa shape index (κ2) is 13.1. The van der Waals surface area contributed by atoms with Crippen LogP contribution in [0.3, 0.4) is 0 Å². The highest BCUT2D eigenvalue weighted by Gasteiger charge is 2.43. The predicted molar refractivity (Wildman–Crippen MR) is 180 cm³/mol. The molecular formula is C35H44FN9O3. The quantitative estimate of drug-likeness (QED) is 0.304. The molecule has 2 fully saturated rings. The van der Waals surface area contributed by atoms with Gasteiger partial charge in [-0.2, -0.15) is 0 Å². The summed E-state index contributed by atoms with van der Waals surface area (Å²) in [5.74, 6) is -0.310. The van der Waals surface area contributed by atoms with Crippen LogP contribution in [0.25, 0.3) is 5.65 Å². The minimum absolute atomic E-state index is 0.00454. The van der Waals surface area contributed by atoms with Gasteiger partial charge in [0.15, 0.2) is 5.65 Å². The van der Waals surface area contributed by atoms with Crippen LogP contribution in [0.5, 0.6) is 0 Å². The molecule has 0 radical (unpaired) electrons. The Labute approximate surface area is 279 Å². The van der Waals surface area contributed by atoms with Gasteiger partial charge < -0.3 is 15.0 Å². The van der Waals surface area contributed by atoms with E-state index in [1.165, 1.54) is 23.1 Å². The molecule has 2 saturated heterocycles. The van der Waals surface area contributed by atoms with Crippen LogP contribution in [0, 0.1) is 5.82 Å². The van der Waals surface area contributed by atoms with Gasteiger partial charge in [0.2, 0.25) is 5.91 Å². The number of morpholine rings is 1. The van der Waals surface area contributed by atoms with Crippen LogP contribution < -0.4 is 15.9 Å². The fraction of sp³-hybridized carbons (Fsp3) is 0.514. The number of rotatable bonds is 8. The molecule has 0 spiro atoms. The molecule has 48 heavy (non-hydrogen) atoms. The minimum Gasteiger partial charge on any atom is -0.379 e. The Balaban J connectivity index is 1.25. The molecule has 0 unspecified atom stereocenters. The molecule has 0 bridgehead atoms. The Morgan fingerprint density at radius 3 is 2.62 bits per heavy atom. The fourth-order valence-corrected chi connectivity index (χ4v) is 7.47. The van der Waals surface area contributed by atoms with E-state index < -0.39 is 5.41 Å². The number of benzene rings is 1. The molecule has 3 aliphatic heterocycles. The molecular weight excluding hydrogens is 613 g/mol. The maximum absolute atomic E-state index is 14.4. The summed E-state index contributed by atoms with van der Waals surface area (Å²) in [6.45, 7) is 14.2. The molecule has 13 heteroatoms. The number of anilines is 1. The van der Waals surface area contributed by atoms with E-state index in [4.69, 9.17) is 9.84 Å². The summed E-state index contributed by atoms with van der Waals surface area (Å²) in [6.07, 6.45) is 5.20. The Kier molecular flexibility index (Phi) is 8.88. The van der Waals surface area contributed by atoms with Gasteiger partial charge in [-0.15, -0.1) is 5.10 Å². The predicted octanol–water partition coefficient (Wildman–Crippen LogP) is 2.07. The van der Waals surface area contributed by atoms with Crippen LogP contribution in [0.1, 0.15) is 50.1 Å². The summed E-state index contributed by atoms with van der Waals surface area (Å²) >= 11 is 0. The third-order valence-corrected chi connectivity index (χ3v) is 9.96. The van der Waals surface area contributed by atoms with Crippen molar-refractivity contribution in [3.8, 4) is 0 Å². The van der Waals surface area contributed by atoms with Crippen LogP contribution >= 0.6 is 0 Å². The average molecular weight is 658 g/mol. The number of amides is 1. The summed E-state index contributed by atoms with van der Waals surface area (Å²) in [7, 11) is 0. The number of nitrogens with zero attached hydrogens (tertiary/aromatic N) is 8. The third-order valence-electron chi connectivity index (χ3n) is 9.96.